The minimum Gasteiger partial charge on any atom is -0.497 e. The van der Waals surface area contributed by atoms with Gasteiger partial charge < -0.3 is 9.72 Å². The van der Waals surface area contributed by atoms with Gasteiger partial charge in [-0.25, -0.2) is 0 Å². The van der Waals surface area contributed by atoms with Crippen molar-refractivity contribution in [3.05, 3.63) is 33.3 Å². The average molecular weight is 236 g/mol. The number of hydrogen-bond donors (Lipinski definition) is 1. The fourth-order valence-electron chi connectivity index (χ4n) is 1.65. The van der Waals surface area contributed by atoms with Gasteiger partial charge in [-0.2, -0.15) is 0 Å². The molecule has 84 valence electrons. The maximum atomic E-state index is 12.0. The van der Waals surface area contributed by atoms with Crippen LogP contribution < -0.4 is 10.3 Å². The zero-order chi connectivity index (χ0) is 11.7. The summed E-state index contributed by atoms with van der Waals surface area (Å²) >= 11 is 5.11. The minimum absolute atomic E-state index is 0.0658. The molecule has 0 aliphatic heterocycles. The van der Waals surface area contributed by atoms with Gasteiger partial charge in [-0.3, -0.25) is 9.36 Å². The SMILES string of the molecule is CCn1c(=S)[nH]c2cc(OC)ccc2c1=O. The number of benzene rings is 1. The Kier molecular flexibility index (Phi) is 2.78. The van der Waals surface area contributed by atoms with E-state index < -0.39 is 0 Å². The molecular formula is C11H12N2O2S. The summed E-state index contributed by atoms with van der Waals surface area (Å²) in [7, 11) is 1.59. The van der Waals surface area contributed by atoms with Gasteiger partial charge >= 0.3 is 0 Å². The summed E-state index contributed by atoms with van der Waals surface area (Å²) < 4.78 is 7.07. The lowest BCUT2D eigenvalue weighted by atomic mass is 10.2. The number of nitrogens with zero attached hydrogens (tertiary/aromatic N) is 1. The number of H-pyrrole nitrogens is 1. The summed E-state index contributed by atoms with van der Waals surface area (Å²) in [5.41, 5.74) is 0.642. The standard InChI is InChI=1S/C11H12N2O2S/c1-3-13-10(14)8-5-4-7(15-2)6-9(8)12-11(13)16/h4-6H,3H2,1-2H3,(H,12,16). The molecule has 1 aromatic heterocycles. The molecule has 0 fully saturated rings. The predicted molar refractivity (Wildman–Crippen MR) is 65.6 cm³/mol. The Morgan fingerprint density at radius 1 is 1.50 bits per heavy atom. The third-order valence-corrected chi connectivity index (χ3v) is 2.83. The Labute approximate surface area is 97.5 Å². The van der Waals surface area contributed by atoms with E-state index in [9.17, 15) is 4.79 Å². The van der Waals surface area contributed by atoms with E-state index in [0.29, 0.717) is 28.0 Å². The first kappa shape index (κ1) is 10.9. The lowest BCUT2D eigenvalue weighted by molar-refractivity contribution is 0.415. The molecule has 1 heterocycles. The second-order valence-corrected chi connectivity index (χ2v) is 3.78. The average Bonchev–Trinajstić information content (AvgIpc) is 2.28. The van der Waals surface area contributed by atoms with Crippen molar-refractivity contribution in [2.75, 3.05) is 7.11 Å². The van der Waals surface area contributed by atoms with Crippen LogP contribution in [0.5, 0.6) is 5.75 Å². The molecule has 2 rings (SSSR count). The van der Waals surface area contributed by atoms with Crippen LogP contribution >= 0.6 is 12.2 Å². The van der Waals surface area contributed by atoms with Crippen molar-refractivity contribution >= 4 is 23.1 Å². The molecule has 1 aromatic carbocycles. The first-order chi connectivity index (χ1) is 7.67. The summed E-state index contributed by atoms with van der Waals surface area (Å²) in [6.45, 7) is 2.45. The van der Waals surface area contributed by atoms with Crippen LogP contribution in [0.25, 0.3) is 10.9 Å². The third-order valence-electron chi connectivity index (χ3n) is 2.51. The largest absolute Gasteiger partial charge is 0.497 e. The summed E-state index contributed by atoms with van der Waals surface area (Å²) in [6.07, 6.45) is 0. The van der Waals surface area contributed by atoms with Gasteiger partial charge in [-0.15, -0.1) is 0 Å². The number of aromatic nitrogens is 2. The topological polar surface area (TPSA) is 47.0 Å². The highest BCUT2D eigenvalue weighted by Crippen LogP contribution is 2.16. The molecule has 16 heavy (non-hydrogen) atoms. The molecule has 1 N–H and O–H groups in total. The molecule has 0 spiro atoms. The molecule has 0 bridgehead atoms. The van der Waals surface area contributed by atoms with Crippen LogP contribution in [0.1, 0.15) is 6.92 Å². The van der Waals surface area contributed by atoms with Crippen molar-refractivity contribution in [2.24, 2.45) is 0 Å². The zero-order valence-electron chi connectivity index (χ0n) is 9.11. The van der Waals surface area contributed by atoms with E-state index >= 15 is 0 Å². The summed E-state index contributed by atoms with van der Waals surface area (Å²) in [5, 5.41) is 0.622. The van der Waals surface area contributed by atoms with Gasteiger partial charge in [-0.1, -0.05) is 0 Å². The van der Waals surface area contributed by atoms with Gasteiger partial charge in [0.15, 0.2) is 4.77 Å². The molecule has 5 heteroatoms. The molecule has 0 saturated carbocycles. The highest BCUT2D eigenvalue weighted by Gasteiger charge is 2.04. The van der Waals surface area contributed by atoms with Gasteiger partial charge in [0.25, 0.3) is 5.56 Å². The molecule has 2 aromatic rings. The van der Waals surface area contributed by atoms with Crippen molar-refractivity contribution in [2.45, 2.75) is 13.5 Å². The third kappa shape index (κ3) is 1.63. The summed E-state index contributed by atoms with van der Waals surface area (Å²) in [5.74, 6) is 0.701. The molecule has 0 amide bonds. The monoisotopic (exact) mass is 236 g/mol. The normalized spacial score (nSPS) is 10.6. The van der Waals surface area contributed by atoms with E-state index in [1.807, 2.05) is 6.92 Å². The van der Waals surface area contributed by atoms with Crippen LogP contribution in [-0.4, -0.2) is 16.7 Å². The van der Waals surface area contributed by atoms with Gasteiger partial charge in [0.2, 0.25) is 0 Å². The van der Waals surface area contributed by atoms with Crippen molar-refractivity contribution in [1.29, 1.82) is 0 Å². The van der Waals surface area contributed by atoms with E-state index in [1.165, 1.54) is 4.57 Å². The molecule has 0 atom stereocenters. The maximum Gasteiger partial charge on any atom is 0.262 e. The van der Waals surface area contributed by atoms with Crippen molar-refractivity contribution < 1.29 is 4.74 Å². The van der Waals surface area contributed by atoms with Crippen molar-refractivity contribution in [1.82, 2.24) is 9.55 Å². The summed E-state index contributed by atoms with van der Waals surface area (Å²) in [6, 6.07) is 5.28. The zero-order valence-corrected chi connectivity index (χ0v) is 9.93. The van der Waals surface area contributed by atoms with E-state index in [-0.39, 0.29) is 5.56 Å². The molecular weight excluding hydrogens is 224 g/mol. The lowest BCUT2D eigenvalue weighted by Crippen LogP contribution is -2.21. The highest BCUT2D eigenvalue weighted by atomic mass is 32.1. The number of fused-ring (bicyclic) bond motifs is 1. The van der Waals surface area contributed by atoms with Gasteiger partial charge in [0.1, 0.15) is 5.75 Å². The molecule has 0 aliphatic carbocycles. The highest BCUT2D eigenvalue weighted by molar-refractivity contribution is 7.71. The Hall–Kier alpha value is -1.62. The number of ether oxygens (including phenoxy) is 1. The van der Waals surface area contributed by atoms with Gasteiger partial charge in [0, 0.05) is 12.6 Å². The Bertz CT molecular complexity index is 642. The minimum atomic E-state index is -0.0658. The predicted octanol–water partition coefficient (Wildman–Crippen LogP) is 2.09. The number of aromatic amines is 1. The van der Waals surface area contributed by atoms with Gasteiger partial charge in [-0.05, 0) is 31.3 Å². The Balaban J connectivity index is 2.87. The Morgan fingerprint density at radius 3 is 2.88 bits per heavy atom. The number of rotatable bonds is 2. The van der Waals surface area contributed by atoms with Crippen LogP contribution in [0, 0.1) is 4.77 Å². The van der Waals surface area contributed by atoms with Crippen molar-refractivity contribution in [3.63, 3.8) is 0 Å². The molecule has 0 radical (unpaired) electrons. The lowest BCUT2D eigenvalue weighted by Gasteiger charge is -2.06. The van der Waals surface area contributed by atoms with Crippen LogP contribution in [0.4, 0.5) is 0 Å². The first-order valence-electron chi connectivity index (χ1n) is 4.98. The second-order valence-electron chi connectivity index (χ2n) is 3.39. The molecule has 4 nitrogen and oxygen atoms in total. The number of nitrogens with one attached hydrogen (secondary N) is 1. The van der Waals surface area contributed by atoms with E-state index in [1.54, 1.807) is 25.3 Å². The van der Waals surface area contributed by atoms with Crippen LogP contribution in [0.3, 0.4) is 0 Å². The Morgan fingerprint density at radius 2 is 2.25 bits per heavy atom. The number of hydrogen-bond acceptors (Lipinski definition) is 3. The number of methoxy groups -OCH3 is 1. The van der Waals surface area contributed by atoms with Crippen LogP contribution in [0.2, 0.25) is 0 Å². The fraction of sp³-hybridized carbons (Fsp3) is 0.273. The second kappa shape index (κ2) is 4.09. The maximum absolute atomic E-state index is 12.0. The van der Waals surface area contributed by atoms with Crippen LogP contribution in [-0.2, 0) is 6.54 Å². The molecule has 0 saturated heterocycles. The van der Waals surface area contributed by atoms with E-state index in [4.69, 9.17) is 17.0 Å². The molecule has 0 aliphatic rings. The van der Waals surface area contributed by atoms with Gasteiger partial charge in [0.05, 0.1) is 18.0 Å². The quantitative estimate of drug-likeness (QED) is 0.812. The van der Waals surface area contributed by atoms with E-state index in [0.717, 1.165) is 0 Å². The fourth-order valence-corrected chi connectivity index (χ4v) is 1.97. The van der Waals surface area contributed by atoms with E-state index in [2.05, 4.69) is 4.98 Å². The summed E-state index contributed by atoms with van der Waals surface area (Å²) in [4.78, 5) is 15.0. The molecule has 0 unspecified atom stereocenters. The van der Waals surface area contributed by atoms with Crippen molar-refractivity contribution in [3.8, 4) is 5.75 Å². The first-order valence-corrected chi connectivity index (χ1v) is 5.39. The van der Waals surface area contributed by atoms with Crippen LogP contribution in [0.15, 0.2) is 23.0 Å². The smallest absolute Gasteiger partial charge is 0.262 e.